The minimum atomic E-state index is 0.514. The zero-order valence-electron chi connectivity index (χ0n) is 11.2. The Morgan fingerprint density at radius 3 is 2.84 bits per heavy atom. The number of nitrogens with one attached hydrogen (secondary N) is 2. The van der Waals surface area contributed by atoms with Crippen molar-refractivity contribution in [2.45, 2.75) is 32.2 Å². The SMILES string of the molecule is CCNC(=NCCc1ccc(I)s1)NC1CC=CC1. The van der Waals surface area contributed by atoms with Crippen molar-refractivity contribution in [1.82, 2.24) is 10.6 Å². The van der Waals surface area contributed by atoms with Gasteiger partial charge in [0.05, 0.1) is 2.88 Å². The molecule has 2 rings (SSSR count). The molecule has 0 unspecified atom stereocenters. The number of nitrogens with zero attached hydrogens (tertiary/aromatic N) is 1. The van der Waals surface area contributed by atoms with Crippen molar-refractivity contribution in [3.05, 3.63) is 32.0 Å². The summed E-state index contributed by atoms with van der Waals surface area (Å²) < 4.78 is 1.35. The van der Waals surface area contributed by atoms with Gasteiger partial charge in [0.15, 0.2) is 5.96 Å². The molecule has 1 aliphatic rings. The molecule has 0 aromatic carbocycles. The first kappa shape index (κ1) is 14.8. The maximum Gasteiger partial charge on any atom is 0.191 e. The second kappa shape index (κ2) is 7.89. The molecule has 1 heterocycles. The van der Waals surface area contributed by atoms with Crippen LogP contribution in [0.4, 0.5) is 0 Å². The molecule has 0 aliphatic heterocycles. The van der Waals surface area contributed by atoms with Crippen LogP contribution in [0.15, 0.2) is 29.3 Å². The second-order valence-corrected chi connectivity index (χ2v) is 7.56. The lowest BCUT2D eigenvalue weighted by Gasteiger charge is -2.16. The molecule has 0 atom stereocenters. The summed E-state index contributed by atoms with van der Waals surface area (Å²) in [4.78, 5) is 6.06. The van der Waals surface area contributed by atoms with Crippen LogP contribution in [0.5, 0.6) is 0 Å². The molecule has 1 aliphatic carbocycles. The van der Waals surface area contributed by atoms with Gasteiger partial charge in [-0.2, -0.15) is 0 Å². The van der Waals surface area contributed by atoms with E-state index in [2.05, 4.69) is 69.4 Å². The van der Waals surface area contributed by atoms with Crippen molar-refractivity contribution in [3.8, 4) is 0 Å². The van der Waals surface area contributed by atoms with E-state index in [1.807, 2.05) is 11.3 Å². The van der Waals surface area contributed by atoms with E-state index < -0.39 is 0 Å². The Bertz CT molecular complexity index is 445. The fourth-order valence-corrected chi connectivity index (χ4v) is 3.76. The van der Waals surface area contributed by atoms with E-state index in [4.69, 9.17) is 0 Å². The van der Waals surface area contributed by atoms with Crippen LogP contribution in [0.25, 0.3) is 0 Å². The number of guanidine groups is 1. The molecular weight excluding hydrogens is 369 g/mol. The zero-order valence-corrected chi connectivity index (χ0v) is 14.1. The fourth-order valence-electron chi connectivity index (χ4n) is 2.01. The highest BCUT2D eigenvalue weighted by molar-refractivity contribution is 14.1. The molecule has 1 aromatic heterocycles. The first-order valence-electron chi connectivity index (χ1n) is 6.72. The van der Waals surface area contributed by atoms with Crippen molar-refractivity contribution in [2.24, 2.45) is 4.99 Å². The third kappa shape index (κ3) is 5.14. The van der Waals surface area contributed by atoms with Crippen molar-refractivity contribution in [2.75, 3.05) is 13.1 Å². The lowest BCUT2D eigenvalue weighted by molar-refractivity contribution is 0.633. The monoisotopic (exact) mass is 389 g/mol. The smallest absolute Gasteiger partial charge is 0.191 e. The third-order valence-electron chi connectivity index (χ3n) is 2.95. The van der Waals surface area contributed by atoms with Crippen LogP contribution in [-0.4, -0.2) is 25.1 Å². The molecule has 0 amide bonds. The van der Waals surface area contributed by atoms with Gasteiger partial charge in [-0.1, -0.05) is 12.2 Å². The van der Waals surface area contributed by atoms with Crippen LogP contribution in [0.1, 0.15) is 24.6 Å². The van der Waals surface area contributed by atoms with Gasteiger partial charge in [-0.15, -0.1) is 11.3 Å². The largest absolute Gasteiger partial charge is 0.357 e. The first-order valence-corrected chi connectivity index (χ1v) is 8.61. The molecule has 5 heteroatoms. The van der Waals surface area contributed by atoms with Gasteiger partial charge < -0.3 is 10.6 Å². The zero-order chi connectivity index (χ0) is 13.5. The maximum atomic E-state index is 4.65. The fraction of sp³-hybridized carbons (Fsp3) is 0.500. The quantitative estimate of drug-likeness (QED) is 0.351. The van der Waals surface area contributed by atoms with E-state index in [1.54, 1.807) is 0 Å². The Labute approximate surface area is 132 Å². The average molecular weight is 389 g/mol. The molecule has 104 valence electrons. The van der Waals surface area contributed by atoms with Gasteiger partial charge in [-0.05, 0) is 54.5 Å². The van der Waals surface area contributed by atoms with Gasteiger partial charge in [0, 0.05) is 30.4 Å². The highest BCUT2D eigenvalue weighted by Gasteiger charge is 2.11. The standard InChI is InChI=1S/C14H20IN3S/c1-2-16-14(18-11-5-3-4-6-11)17-10-9-12-7-8-13(15)19-12/h3-4,7-8,11H,2,5-6,9-10H2,1H3,(H2,16,17,18). The van der Waals surface area contributed by atoms with Crippen molar-refractivity contribution >= 4 is 39.9 Å². The highest BCUT2D eigenvalue weighted by atomic mass is 127. The van der Waals surface area contributed by atoms with Gasteiger partial charge in [0.25, 0.3) is 0 Å². The molecule has 3 nitrogen and oxygen atoms in total. The molecule has 0 fully saturated rings. The second-order valence-electron chi connectivity index (χ2n) is 4.50. The van der Waals surface area contributed by atoms with Gasteiger partial charge in [-0.25, -0.2) is 0 Å². The summed E-state index contributed by atoms with van der Waals surface area (Å²) in [6.45, 7) is 3.85. The predicted octanol–water partition coefficient (Wildman–Crippen LogP) is 3.17. The van der Waals surface area contributed by atoms with Crippen LogP contribution in [0.2, 0.25) is 0 Å². The number of rotatable bonds is 5. The van der Waals surface area contributed by atoms with Crippen LogP contribution < -0.4 is 10.6 Å². The molecule has 1 aromatic rings. The Hall–Kier alpha value is -0.560. The number of hydrogen-bond acceptors (Lipinski definition) is 2. The molecule has 0 bridgehead atoms. The molecule has 0 spiro atoms. The lowest BCUT2D eigenvalue weighted by atomic mass is 10.2. The molecule has 19 heavy (non-hydrogen) atoms. The lowest BCUT2D eigenvalue weighted by Crippen LogP contribution is -2.42. The molecule has 0 saturated heterocycles. The average Bonchev–Trinajstić information content (AvgIpc) is 3.01. The number of aliphatic imine (C=N–C) groups is 1. The number of thiophene rings is 1. The molecule has 0 saturated carbocycles. The number of halogens is 1. The number of hydrogen-bond donors (Lipinski definition) is 2. The predicted molar refractivity (Wildman–Crippen MR) is 92.0 cm³/mol. The minimum Gasteiger partial charge on any atom is -0.357 e. The highest BCUT2D eigenvalue weighted by Crippen LogP contribution is 2.18. The van der Waals surface area contributed by atoms with Gasteiger partial charge >= 0.3 is 0 Å². The summed E-state index contributed by atoms with van der Waals surface area (Å²) in [6.07, 6.45) is 7.69. The van der Waals surface area contributed by atoms with E-state index in [9.17, 15) is 0 Å². The van der Waals surface area contributed by atoms with E-state index >= 15 is 0 Å². The summed E-state index contributed by atoms with van der Waals surface area (Å²) in [6, 6.07) is 4.88. The van der Waals surface area contributed by atoms with Crippen molar-refractivity contribution < 1.29 is 0 Å². The first-order chi connectivity index (χ1) is 9.28. The summed E-state index contributed by atoms with van der Waals surface area (Å²) >= 11 is 4.22. The van der Waals surface area contributed by atoms with Gasteiger partial charge in [-0.3, -0.25) is 4.99 Å². The third-order valence-corrected chi connectivity index (χ3v) is 4.90. The molecule has 0 radical (unpaired) electrons. The Balaban J connectivity index is 1.81. The van der Waals surface area contributed by atoms with Crippen LogP contribution in [0.3, 0.4) is 0 Å². The Kier molecular flexibility index (Phi) is 6.16. The normalized spacial score (nSPS) is 16.0. The summed E-state index contributed by atoms with van der Waals surface area (Å²) in [5.41, 5.74) is 0. The summed E-state index contributed by atoms with van der Waals surface area (Å²) in [7, 11) is 0. The van der Waals surface area contributed by atoms with E-state index in [0.717, 1.165) is 38.3 Å². The van der Waals surface area contributed by atoms with Crippen LogP contribution in [-0.2, 0) is 6.42 Å². The van der Waals surface area contributed by atoms with Gasteiger partial charge in [0.1, 0.15) is 0 Å². The molecular formula is C14H20IN3S. The van der Waals surface area contributed by atoms with E-state index in [1.165, 1.54) is 7.76 Å². The topological polar surface area (TPSA) is 36.4 Å². The van der Waals surface area contributed by atoms with Gasteiger partial charge in [0.2, 0.25) is 0 Å². The maximum absolute atomic E-state index is 4.65. The Morgan fingerprint density at radius 2 is 2.21 bits per heavy atom. The van der Waals surface area contributed by atoms with Crippen molar-refractivity contribution in [1.29, 1.82) is 0 Å². The minimum absolute atomic E-state index is 0.514. The Morgan fingerprint density at radius 1 is 1.42 bits per heavy atom. The van der Waals surface area contributed by atoms with Crippen LogP contribution in [0, 0.1) is 2.88 Å². The summed E-state index contributed by atoms with van der Waals surface area (Å²) in [5, 5.41) is 6.80. The summed E-state index contributed by atoms with van der Waals surface area (Å²) in [5.74, 6) is 0.947. The van der Waals surface area contributed by atoms with E-state index in [-0.39, 0.29) is 0 Å². The van der Waals surface area contributed by atoms with Crippen LogP contribution >= 0.6 is 33.9 Å². The van der Waals surface area contributed by atoms with E-state index in [0.29, 0.717) is 6.04 Å². The van der Waals surface area contributed by atoms with Crippen molar-refractivity contribution in [3.63, 3.8) is 0 Å². The molecule has 2 N–H and O–H groups in total.